The summed E-state index contributed by atoms with van der Waals surface area (Å²) in [7, 11) is 0. The van der Waals surface area contributed by atoms with Crippen LogP contribution in [0.25, 0.3) is 34.9 Å². The topological polar surface area (TPSA) is 41.9 Å². The number of pyridine rings is 3. The third-order valence-electron chi connectivity index (χ3n) is 8.01. The zero-order valence-electron chi connectivity index (χ0n) is 26.4. The molecule has 6 rings (SSSR count). The number of nitrogens with zero attached hydrogens (tertiary/aromatic N) is 4. The fourth-order valence-corrected chi connectivity index (χ4v) is 5.45. The molecule has 3 heterocycles. The van der Waals surface area contributed by atoms with Gasteiger partial charge < -0.3 is 4.90 Å². The summed E-state index contributed by atoms with van der Waals surface area (Å²) >= 11 is 0. The summed E-state index contributed by atoms with van der Waals surface area (Å²) in [6.45, 7) is 6.40. The largest absolute Gasteiger partial charge is 0.311 e. The normalized spacial score (nSPS) is 12.2. The second kappa shape index (κ2) is 14.3. The molecule has 0 aliphatic carbocycles. The van der Waals surface area contributed by atoms with Crippen LogP contribution in [0.2, 0.25) is 0 Å². The predicted octanol–water partition coefficient (Wildman–Crippen LogP) is 11.0. The van der Waals surface area contributed by atoms with Crippen LogP contribution in [0.5, 0.6) is 0 Å². The minimum Gasteiger partial charge on any atom is -0.311 e. The molecule has 0 saturated carbocycles. The van der Waals surface area contributed by atoms with Gasteiger partial charge in [-0.15, -0.1) is 0 Å². The smallest absolute Gasteiger partial charge is 0.0462 e. The predicted molar refractivity (Wildman–Crippen MR) is 194 cm³/mol. The first-order valence-corrected chi connectivity index (χ1v) is 15.4. The van der Waals surface area contributed by atoms with Crippen molar-refractivity contribution in [3.8, 4) is 0 Å². The molecule has 46 heavy (non-hydrogen) atoms. The molecule has 0 unspecified atom stereocenters. The second-order valence-electron chi connectivity index (χ2n) is 11.3. The van der Waals surface area contributed by atoms with Crippen molar-refractivity contribution in [3.05, 3.63) is 180 Å². The van der Waals surface area contributed by atoms with Gasteiger partial charge in [0, 0.05) is 54.2 Å². The Balaban J connectivity index is 1.32. The first kappa shape index (κ1) is 30.2. The van der Waals surface area contributed by atoms with Crippen molar-refractivity contribution >= 4 is 52.0 Å². The van der Waals surface area contributed by atoms with Gasteiger partial charge in [0.1, 0.15) is 0 Å². The van der Waals surface area contributed by atoms with Gasteiger partial charge in [-0.25, -0.2) is 0 Å². The highest BCUT2D eigenvalue weighted by Crippen LogP contribution is 2.36. The average Bonchev–Trinajstić information content (AvgIpc) is 3.11. The fourth-order valence-electron chi connectivity index (χ4n) is 5.45. The van der Waals surface area contributed by atoms with E-state index in [1.807, 2.05) is 73.6 Å². The standard InChI is InChI=1S/C42H36N4/c1-31(37-16-22-43-23-17-37)28-34-4-10-40(11-5-34)46(41-12-6-35(7-13-41)29-32(2)38-18-24-44-25-19-38)42-14-8-36(9-15-42)30-33(3)39-20-26-45-27-21-39/h4-30H,1-3H3. The summed E-state index contributed by atoms with van der Waals surface area (Å²) < 4.78 is 0. The van der Waals surface area contributed by atoms with Crippen LogP contribution >= 0.6 is 0 Å². The van der Waals surface area contributed by atoms with Crippen LogP contribution in [-0.4, -0.2) is 15.0 Å². The van der Waals surface area contributed by atoms with Crippen molar-refractivity contribution in [2.24, 2.45) is 0 Å². The van der Waals surface area contributed by atoms with E-state index in [2.05, 4.69) is 132 Å². The molecule has 3 aromatic carbocycles. The quantitative estimate of drug-likeness (QED) is 0.166. The molecule has 0 fully saturated rings. The maximum absolute atomic E-state index is 4.15. The van der Waals surface area contributed by atoms with Gasteiger partial charge in [0.05, 0.1) is 0 Å². The van der Waals surface area contributed by atoms with Gasteiger partial charge >= 0.3 is 0 Å². The Hall–Kier alpha value is -5.87. The van der Waals surface area contributed by atoms with Gasteiger partial charge in [0.25, 0.3) is 0 Å². The van der Waals surface area contributed by atoms with E-state index in [4.69, 9.17) is 0 Å². The lowest BCUT2D eigenvalue weighted by molar-refractivity contribution is 1.28. The summed E-state index contributed by atoms with van der Waals surface area (Å²) in [4.78, 5) is 14.7. The van der Waals surface area contributed by atoms with E-state index < -0.39 is 0 Å². The molecule has 3 aromatic heterocycles. The fraction of sp³-hybridized carbons (Fsp3) is 0.0714. The Kier molecular flexibility index (Phi) is 9.36. The summed E-state index contributed by atoms with van der Waals surface area (Å²) in [6.07, 6.45) is 17.6. The molecule has 4 nitrogen and oxygen atoms in total. The Morgan fingerprint density at radius 2 is 0.609 bits per heavy atom. The van der Waals surface area contributed by atoms with Crippen molar-refractivity contribution in [1.29, 1.82) is 0 Å². The Labute approximate surface area is 271 Å². The zero-order chi connectivity index (χ0) is 31.7. The highest BCUT2D eigenvalue weighted by Gasteiger charge is 2.13. The molecule has 224 valence electrons. The molecule has 0 aliphatic heterocycles. The molecule has 0 saturated heterocycles. The molecule has 6 aromatic rings. The van der Waals surface area contributed by atoms with Crippen LogP contribution in [-0.2, 0) is 0 Å². The molecular formula is C42H36N4. The van der Waals surface area contributed by atoms with E-state index in [-0.39, 0.29) is 0 Å². The molecule has 0 bridgehead atoms. The number of rotatable bonds is 9. The Morgan fingerprint density at radius 3 is 0.848 bits per heavy atom. The summed E-state index contributed by atoms with van der Waals surface area (Å²) in [6, 6.07) is 38.4. The lowest BCUT2D eigenvalue weighted by atomic mass is 10.0. The van der Waals surface area contributed by atoms with E-state index in [9.17, 15) is 0 Å². The van der Waals surface area contributed by atoms with E-state index in [1.54, 1.807) is 0 Å². The van der Waals surface area contributed by atoms with Crippen molar-refractivity contribution in [2.75, 3.05) is 4.90 Å². The number of anilines is 3. The molecule has 0 radical (unpaired) electrons. The van der Waals surface area contributed by atoms with Gasteiger partial charge in [-0.05, 0) is 144 Å². The third-order valence-corrected chi connectivity index (χ3v) is 8.01. The van der Waals surface area contributed by atoms with E-state index in [0.717, 1.165) is 33.8 Å². The van der Waals surface area contributed by atoms with Crippen molar-refractivity contribution in [2.45, 2.75) is 20.8 Å². The molecule has 0 aliphatic rings. The Morgan fingerprint density at radius 1 is 0.370 bits per heavy atom. The van der Waals surface area contributed by atoms with Crippen LogP contribution in [0.1, 0.15) is 54.2 Å². The van der Waals surface area contributed by atoms with Crippen LogP contribution in [0.4, 0.5) is 17.1 Å². The van der Waals surface area contributed by atoms with Crippen LogP contribution in [0.15, 0.2) is 146 Å². The summed E-state index contributed by atoms with van der Waals surface area (Å²) in [5, 5.41) is 0. The molecule has 0 atom stereocenters. The van der Waals surface area contributed by atoms with Crippen LogP contribution in [0, 0.1) is 0 Å². The van der Waals surface area contributed by atoms with Crippen molar-refractivity contribution in [3.63, 3.8) is 0 Å². The zero-order valence-corrected chi connectivity index (χ0v) is 26.4. The molecular weight excluding hydrogens is 560 g/mol. The van der Waals surface area contributed by atoms with Crippen molar-refractivity contribution in [1.82, 2.24) is 15.0 Å². The number of aromatic nitrogens is 3. The minimum atomic E-state index is 1.09. The maximum Gasteiger partial charge on any atom is 0.0462 e. The summed E-state index contributed by atoms with van der Waals surface area (Å²) in [5.41, 5.74) is 13.8. The second-order valence-corrected chi connectivity index (χ2v) is 11.3. The maximum atomic E-state index is 4.15. The van der Waals surface area contributed by atoms with Gasteiger partial charge in [0.15, 0.2) is 0 Å². The summed E-state index contributed by atoms with van der Waals surface area (Å²) in [5.74, 6) is 0. The lowest BCUT2D eigenvalue weighted by Gasteiger charge is -2.26. The van der Waals surface area contributed by atoms with Crippen LogP contribution in [0.3, 0.4) is 0 Å². The van der Waals surface area contributed by atoms with E-state index in [0.29, 0.717) is 0 Å². The van der Waals surface area contributed by atoms with Crippen LogP contribution < -0.4 is 4.90 Å². The first-order valence-electron chi connectivity index (χ1n) is 15.4. The number of hydrogen-bond acceptors (Lipinski definition) is 4. The van der Waals surface area contributed by atoms with Crippen molar-refractivity contribution < 1.29 is 0 Å². The number of allylic oxidation sites excluding steroid dienone is 3. The molecule has 0 spiro atoms. The molecule has 0 N–H and O–H groups in total. The minimum absolute atomic E-state index is 1.09. The SMILES string of the molecule is CC(=Cc1ccc(N(c2ccc(C=C(C)c3ccncc3)cc2)c2ccc(C=C(C)c3ccncc3)cc2)cc1)c1ccncc1. The molecule has 0 amide bonds. The van der Waals surface area contributed by atoms with Gasteiger partial charge in [-0.2, -0.15) is 0 Å². The average molecular weight is 597 g/mol. The highest BCUT2D eigenvalue weighted by atomic mass is 15.1. The van der Waals surface area contributed by atoms with Gasteiger partial charge in [-0.1, -0.05) is 54.6 Å². The number of benzene rings is 3. The van der Waals surface area contributed by atoms with E-state index >= 15 is 0 Å². The van der Waals surface area contributed by atoms with Gasteiger partial charge in [-0.3, -0.25) is 15.0 Å². The molecule has 4 heteroatoms. The highest BCUT2D eigenvalue weighted by molar-refractivity contribution is 5.85. The van der Waals surface area contributed by atoms with E-state index in [1.165, 1.54) is 33.4 Å². The third kappa shape index (κ3) is 7.43. The monoisotopic (exact) mass is 596 g/mol. The number of hydrogen-bond donors (Lipinski definition) is 0. The lowest BCUT2D eigenvalue weighted by Crippen LogP contribution is -2.09. The first-order chi connectivity index (χ1) is 22.5. The Bertz CT molecular complexity index is 1720. The van der Waals surface area contributed by atoms with Gasteiger partial charge in [0.2, 0.25) is 0 Å².